The van der Waals surface area contributed by atoms with Crippen LogP contribution < -0.4 is 4.72 Å². The first-order valence-corrected chi connectivity index (χ1v) is 12.1. The van der Waals surface area contributed by atoms with E-state index in [0.717, 1.165) is 24.9 Å². The Labute approximate surface area is 162 Å². The van der Waals surface area contributed by atoms with Gasteiger partial charge in [0.1, 0.15) is 0 Å². The third-order valence-electron chi connectivity index (χ3n) is 4.47. The third kappa shape index (κ3) is 5.62. The summed E-state index contributed by atoms with van der Waals surface area (Å²) in [5.41, 5.74) is 1.04. The molecule has 1 unspecified atom stereocenters. The van der Waals surface area contributed by atoms with Crippen LogP contribution in [0.2, 0.25) is 0 Å². The molecule has 0 aliphatic carbocycles. The molecule has 0 aliphatic heterocycles. The van der Waals surface area contributed by atoms with Crippen LogP contribution in [0.5, 0.6) is 0 Å². The molecule has 2 aromatic carbocycles. The maximum atomic E-state index is 12.6. The van der Waals surface area contributed by atoms with Crippen molar-refractivity contribution in [1.29, 1.82) is 0 Å². The van der Waals surface area contributed by atoms with E-state index >= 15 is 0 Å². The molecule has 27 heavy (non-hydrogen) atoms. The van der Waals surface area contributed by atoms with E-state index in [1.807, 2.05) is 44.2 Å². The molecule has 0 aliphatic rings. The number of benzene rings is 2. The summed E-state index contributed by atoms with van der Waals surface area (Å²) in [7, 11) is -7.11. The number of hydrogen-bond donors (Lipinski definition) is 1. The first kappa shape index (κ1) is 21.6. The Kier molecular flexibility index (Phi) is 7.16. The maximum absolute atomic E-state index is 12.6. The standard InChI is InChI=1S/C19H26N2O4S2/c1-4-21(5-2)19(16-9-7-6-8-10-16)15-20-27(24,25)18-13-11-17(12-14-18)26(3,22)23/h6-14,19-20H,4-5,15H2,1-3H3. The van der Waals surface area contributed by atoms with E-state index in [1.54, 1.807) is 0 Å². The van der Waals surface area contributed by atoms with E-state index in [-0.39, 0.29) is 22.4 Å². The highest BCUT2D eigenvalue weighted by atomic mass is 32.2. The van der Waals surface area contributed by atoms with Crippen LogP contribution in [0.25, 0.3) is 0 Å². The summed E-state index contributed by atoms with van der Waals surface area (Å²) >= 11 is 0. The van der Waals surface area contributed by atoms with Gasteiger partial charge in [0.05, 0.1) is 9.79 Å². The number of likely N-dealkylation sites (N-methyl/N-ethyl adjacent to an activating group) is 1. The lowest BCUT2D eigenvalue weighted by Crippen LogP contribution is -2.38. The van der Waals surface area contributed by atoms with Crippen LogP contribution in [0.1, 0.15) is 25.5 Å². The summed E-state index contributed by atoms with van der Waals surface area (Å²) in [5.74, 6) is 0. The van der Waals surface area contributed by atoms with Gasteiger partial charge in [0.2, 0.25) is 10.0 Å². The Morgan fingerprint density at radius 1 is 0.852 bits per heavy atom. The monoisotopic (exact) mass is 410 g/mol. The molecule has 6 nitrogen and oxygen atoms in total. The van der Waals surface area contributed by atoms with Gasteiger partial charge >= 0.3 is 0 Å². The fourth-order valence-electron chi connectivity index (χ4n) is 2.94. The fourth-order valence-corrected chi connectivity index (χ4v) is 4.60. The zero-order valence-electron chi connectivity index (χ0n) is 15.8. The van der Waals surface area contributed by atoms with Crippen LogP contribution in [0, 0.1) is 0 Å². The molecule has 1 atom stereocenters. The van der Waals surface area contributed by atoms with Gasteiger partial charge in [-0.1, -0.05) is 44.2 Å². The molecule has 0 fully saturated rings. The molecule has 8 heteroatoms. The summed E-state index contributed by atoms with van der Waals surface area (Å²) in [5, 5.41) is 0. The predicted octanol–water partition coefficient (Wildman–Crippen LogP) is 2.45. The lowest BCUT2D eigenvalue weighted by atomic mass is 10.1. The summed E-state index contributed by atoms with van der Waals surface area (Å²) in [6.07, 6.45) is 1.09. The van der Waals surface area contributed by atoms with Crippen molar-refractivity contribution < 1.29 is 16.8 Å². The van der Waals surface area contributed by atoms with E-state index < -0.39 is 19.9 Å². The summed E-state index contributed by atoms with van der Waals surface area (Å²) < 4.78 is 51.0. The number of nitrogens with zero attached hydrogens (tertiary/aromatic N) is 1. The molecule has 2 rings (SSSR count). The van der Waals surface area contributed by atoms with Gasteiger partial charge in [-0.15, -0.1) is 0 Å². The van der Waals surface area contributed by atoms with Crippen LogP contribution in [0.4, 0.5) is 0 Å². The van der Waals surface area contributed by atoms with Gasteiger partial charge in [0, 0.05) is 18.8 Å². The second-order valence-corrected chi connectivity index (χ2v) is 10.0. The van der Waals surface area contributed by atoms with Crippen LogP contribution in [-0.2, 0) is 19.9 Å². The molecule has 0 aromatic heterocycles. The fraction of sp³-hybridized carbons (Fsp3) is 0.368. The molecule has 0 saturated heterocycles. The normalized spacial score (nSPS) is 13.6. The smallest absolute Gasteiger partial charge is 0.240 e. The molecule has 0 saturated carbocycles. The van der Waals surface area contributed by atoms with E-state index in [1.165, 1.54) is 24.3 Å². The van der Waals surface area contributed by atoms with Gasteiger partial charge in [-0.25, -0.2) is 21.6 Å². The Morgan fingerprint density at radius 3 is 1.85 bits per heavy atom. The molecule has 0 heterocycles. The molecule has 2 aromatic rings. The van der Waals surface area contributed by atoms with Gasteiger partial charge in [0.15, 0.2) is 9.84 Å². The van der Waals surface area contributed by atoms with Gasteiger partial charge in [0.25, 0.3) is 0 Å². The van der Waals surface area contributed by atoms with Gasteiger partial charge in [-0.2, -0.15) is 0 Å². The highest BCUT2D eigenvalue weighted by Gasteiger charge is 2.22. The number of hydrogen-bond acceptors (Lipinski definition) is 5. The second kappa shape index (κ2) is 8.97. The van der Waals surface area contributed by atoms with Gasteiger partial charge in [-0.3, -0.25) is 4.90 Å². The quantitative estimate of drug-likeness (QED) is 0.687. The van der Waals surface area contributed by atoms with E-state index in [4.69, 9.17) is 0 Å². The van der Waals surface area contributed by atoms with Crippen molar-refractivity contribution in [1.82, 2.24) is 9.62 Å². The first-order valence-electron chi connectivity index (χ1n) is 8.77. The summed E-state index contributed by atoms with van der Waals surface area (Å²) in [6.45, 7) is 5.89. The van der Waals surface area contributed by atoms with Crippen LogP contribution >= 0.6 is 0 Å². The SMILES string of the molecule is CCN(CC)C(CNS(=O)(=O)c1ccc(S(C)(=O)=O)cc1)c1ccccc1. The molecular weight excluding hydrogens is 384 g/mol. The molecule has 1 N–H and O–H groups in total. The number of sulfone groups is 1. The van der Waals surface area contributed by atoms with Crippen molar-refractivity contribution >= 4 is 19.9 Å². The Hall–Kier alpha value is -1.74. The number of rotatable bonds is 9. The van der Waals surface area contributed by atoms with Crippen molar-refractivity contribution in [3.8, 4) is 0 Å². The van der Waals surface area contributed by atoms with Crippen molar-refractivity contribution in [2.75, 3.05) is 25.9 Å². The molecule has 0 bridgehead atoms. The number of sulfonamides is 1. The molecule has 0 spiro atoms. The lowest BCUT2D eigenvalue weighted by molar-refractivity contribution is 0.220. The molecule has 0 radical (unpaired) electrons. The average molecular weight is 411 g/mol. The van der Waals surface area contributed by atoms with Crippen molar-refractivity contribution in [3.05, 3.63) is 60.2 Å². The Bertz CT molecular complexity index is 937. The van der Waals surface area contributed by atoms with Crippen molar-refractivity contribution in [2.45, 2.75) is 29.7 Å². The third-order valence-corrected chi connectivity index (χ3v) is 7.03. The topological polar surface area (TPSA) is 83.6 Å². The van der Waals surface area contributed by atoms with E-state index in [9.17, 15) is 16.8 Å². The molecule has 0 amide bonds. The maximum Gasteiger partial charge on any atom is 0.240 e. The van der Waals surface area contributed by atoms with Gasteiger partial charge < -0.3 is 0 Å². The van der Waals surface area contributed by atoms with E-state index in [2.05, 4.69) is 9.62 Å². The minimum absolute atomic E-state index is 0.0428. The Balaban J connectivity index is 2.22. The highest BCUT2D eigenvalue weighted by molar-refractivity contribution is 7.90. The predicted molar refractivity (Wildman–Crippen MR) is 107 cm³/mol. The summed E-state index contributed by atoms with van der Waals surface area (Å²) in [4.78, 5) is 2.32. The number of nitrogens with one attached hydrogen (secondary N) is 1. The minimum atomic E-state index is -3.75. The van der Waals surface area contributed by atoms with Crippen LogP contribution in [0.3, 0.4) is 0 Å². The average Bonchev–Trinajstić information content (AvgIpc) is 2.65. The van der Waals surface area contributed by atoms with Crippen LogP contribution in [0.15, 0.2) is 64.4 Å². The lowest BCUT2D eigenvalue weighted by Gasteiger charge is -2.30. The van der Waals surface area contributed by atoms with Crippen molar-refractivity contribution in [2.24, 2.45) is 0 Å². The largest absolute Gasteiger partial charge is 0.296 e. The van der Waals surface area contributed by atoms with Crippen molar-refractivity contribution in [3.63, 3.8) is 0 Å². The molecular formula is C19H26N2O4S2. The zero-order chi connectivity index (χ0) is 20.1. The van der Waals surface area contributed by atoms with E-state index in [0.29, 0.717) is 0 Å². The van der Waals surface area contributed by atoms with Gasteiger partial charge in [-0.05, 0) is 42.9 Å². The second-order valence-electron chi connectivity index (χ2n) is 6.24. The van der Waals surface area contributed by atoms with Crippen LogP contribution in [-0.4, -0.2) is 47.6 Å². The zero-order valence-corrected chi connectivity index (χ0v) is 17.4. The highest BCUT2D eigenvalue weighted by Crippen LogP contribution is 2.21. The summed E-state index contributed by atoms with van der Waals surface area (Å²) in [6, 6.07) is 14.9. The molecule has 148 valence electrons. The Morgan fingerprint density at radius 2 is 1.37 bits per heavy atom. The first-order chi connectivity index (χ1) is 12.7. The minimum Gasteiger partial charge on any atom is -0.296 e.